The van der Waals surface area contributed by atoms with Crippen LogP contribution in [0.15, 0.2) is 18.2 Å². The van der Waals surface area contributed by atoms with Crippen LogP contribution in [0.3, 0.4) is 0 Å². The van der Waals surface area contributed by atoms with Gasteiger partial charge in [0.25, 0.3) is 0 Å². The minimum Gasteiger partial charge on any atom is -0.359 e. The van der Waals surface area contributed by atoms with Crippen molar-refractivity contribution in [2.75, 3.05) is 26.0 Å². The van der Waals surface area contributed by atoms with E-state index in [4.69, 9.17) is 11.6 Å². The quantitative estimate of drug-likeness (QED) is 0.897. The zero-order chi connectivity index (χ0) is 15.3. The van der Waals surface area contributed by atoms with Gasteiger partial charge in [-0.3, -0.25) is 4.79 Å². The molecule has 0 saturated heterocycles. The molecule has 0 radical (unpaired) electrons. The average molecular weight is 298 g/mol. The third kappa shape index (κ3) is 4.13. The van der Waals surface area contributed by atoms with Gasteiger partial charge < -0.3 is 15.5 Å². The third-order valence-electron chi connectivity index (χ3n) is 3.04. The lowest BCUT2D eigenvalue weighted by Gasteiger charge is -2.22. The summed E-state index contributed by atoms with van der Waals surface area (Å²) in [5.41, 5.74) is 1.48. The summed E-state index contributed by atoms with van der Waals surface area (Å²) < 4.78 is 0. The SMILES string of the molecule is CNC(=O)[C@@H](C)CN(C)C(=O)Nc1c(C)cccc1Cl. The summed E-state index contributed by atoms with van der Waals surface area (Å²) in [6, 6.07) is 5.12. The summed E-state index contributed by atoms with van der Waals surface area (Å²) in [4.78, 5) is 25.0. The number of aryl methyl sites for hydroxylation is 1. The van der Waals surface area contributed by atoms with Gasteiger partial charge in [0, 0.05) is 20.6 Å². The van der Waals surface area contributed by atoms with Crippen molar-refractivity contribution in [1.29, 1.82) is 0 Å². The molecule has 20 heavy (non-hydrogen) atoms. The molecule has 0 aromatic heterocycles. The molecule has 6 heteroatoms. The van der Waals surface area contributed by atoms with E-state index in [0.29, 0.717) is 17.3 Å². The molecule has 0 heterocycles. The van der Waals surface area contributed by atoms with Crippen LogP contribution >= 0.6 is 11.6 Å². The average Bonchev–Trinajstić information content (AvgIpc) is 2.41. The van der Waals surface area contributed by atoms with E-state index in [0.717, 1.165) is 5.56 Å². The van der Waals surface area contributed by atoms with Crippen LogP contribution in [0.25, 0.3) is 0 Å². The molecule has 0 aliphatic heterocycles. The Balaban J connectivity index is 2.69. The molecule has 1 atom stereocenters. The predicted molar refractivity (Wildman–Crippen MR) is 81.1 cm³/mol. The molecule has 2 N–H and O–H groups in total. The van der Waals surface area contributed by atoms with E-state index in [1.807, 2.05) is 19.1 Å². The minimum absolute atomic E-state index is 0.0985. The Labute approximate surface area is 124 Å². The molecule has 0 spiro atoms. The van der Waals surface area contributed by atoms with Gasteiger partial charge >= 0.3 is 6.03 Å². The van der Waals surface area contributed by atoms with E-state index in [1.54, 1.807) is 27.1 Å². The molecule has 0 aliphatic carbocycles. The Morgan fingerprint density at radius 1 is 1.40 bits per heavy atom. The van der Waals surface area contributed by atoms with E-state index < -0.39 is 0 Å². The molecular weight excluding hydrogens is 278 g/mol. The normalized spacial score (nSPS) is 11.7. The summed E-state index contributed by atoms with van der Waals surface area (Å²) in [6.45, 7) is 3.97. The van der Waals surface area contributed by atoms with Gasteiger partial charge in [-0.15, -0.1) is 0 Å². The minimum atomic E-state index is -0.294. The number of urea groups is 1. The van der Waals surface area contributed by atoms with Crippen LogP contribution in [0.4, 0.5) is 10.5 Å². The first kappa shape index (κ1) is 16.3. The Morgan fingerprint density at radius 2 is 2.05 bits per heavy atom. The largest absolute Gasteiger partial charge is 0.359 e. The smallest absolute Gasteiger partial charge is 0.321 e. The van der Waals surface area contributed by atoms with Crippen molar-refractivity contribution in [3.8, 4) is 0 Å². The molecule has 1 rings (SSSR count). The van der Waals surface area contributed by atoms with Crippen molar-refractivity contribution in [3.05, 3.63) is 28.8 Å². The lowest BCUT2D eigenvalue weighted by atomic mass is 10.1. The summed E-state index contributed by atoms with van der Waals surface area (Å²) in [7, 11) is 3.22. The van der Waals surface area contributed by atoms with Crippen LogP contribution in [0.5, 0.6) is 0 Å². The van der Waals surface area contributed by atoms with Gasteiger partial charge in [0.15, 0.2) is 0 Å². The number of nitrogens with zero attached hydrogens (tertiary/aromatic N) is 1. The fourth-order valence-corrected chi connectivity index (χ4v) is 2.08. The van der Waals surface area contributed by atoms with E-state index in [9.17, 15) is 9.59 Å². The highest BCUT2D eigenvalue weighted by Crippen LogP contribution is 2.25. The highest BCUT2D eigenvalue weighted by molar-refractivity contribution is 6.33. The van der Waals surface area contributed by atoms with Crippen molar-refractivity contribution < 1.29 is 9.59 Å². The maximum absolute atomic E-state index is 12.1. The maximum atomic E-state index is 12.1. The summed E-state index contributed by atoms with van der Waals surface area (Å²) in [6.07, 6.45) is 0. The van der Waals surface area contributed by atoms with Gasteiger partial charge in [-0.1, -0.05) is 30.7 Å². The standard InChI is InChI=1S/C14H20ClN3O2/c1-9-6-5-7-11(15)12(9)17-14(20)18(4)8-10(2)13(19)16-3/h5-7,10H,8H2,1-4H3,(H,16,19)(H,17,20)/t10-/m0/s1. The Morgan fingerprint density at radius 3 is 2.60 bits per heavy atom. The first-order valence-corrected chi connectivity index (χ1v) is 6.73. The molecule has 110 valence electrons. The number of nitrogens with one attached hydrogen (secondary N) is 2. The molecule has 0 fully saturated rings. The Kier molecular flexibility index (Phi) is 5.82. The first-order chi connectivity index (χ1) is 9.36. The molecule has 3 amide bonds. The molecule has 0 unspecified atom stereocenters. The summed E-state index contributed by atoms with van der Waals surface area (Å²) in [5.74, 6) is -0.373. The Bertz CT molecular complexity index is 485. The number of rotatable bonds is 4. The number of halogens is 1. The van der Waals surface area contributed by atoms with Crippen molar-refractivity contribution in [3.63, 3.8) is 0 Å². The van der Waals surface area contributed by atoms with E-state index in [1.165, 1.54) is 4.90 Å². The predicted octanol–water partition coefficient (Wildman–Crippen LogP) is 2.49. The van der Waals surface area contributed by atoms with Crippen LogP contribution in [0.1, 0.15) is 12.5 Å². The van der Waals surface area contributed by atoms with Crippen molar-refractivity contribution in [2.45, 2.75) is 13.8 Å². The number of amides is 3. The fraction of sp³-hybridized carbons (Fsp3) is 0.429. The van der Waals surface area contributed by atoms with E-state index >= 15 is 0 Å². The molecule has 0 aliphatic rings. The highest BCUT2D eigenvalue weighted by Gasteiger charge is 2.18. The maximum Gasteiger partial charge on any atom is 0.321 e. The molecule has 0 bridgehead atoms. The zero-order valence-electron chi connectivity index (χ0n) is 12.2. The van der Waals surface area contributed by atoms with Gasteiger partial charge in [0.1, 0.15) is 0 Å². The first-order valence-electron chi connectivity index (χ1n) is 6.35. The summed E-state index contributed by atoms with van der Waals surface area (Å²) >= 11 is 6.06. The van der Waals surface area contributed by atoms with Crippen LogP contribution in [-0.4, -0.2) is 37.5 Å². The van der Waals surface area contributed by atoms with Crippen molar-refractivity contribution in [1.82, 2.24) is 10.2 Å². The molecule has 1 aromatic carbocycles. The second-order valence-electron chi connectivity index (χ2n) is 4.76. The lowest BCUT2D eigenvalue weighted by Crippen LogP contribution is -2.39. The van der Waals surface area contributed by atoms with E-state index in [-0.39, 0.29) is 17.9 Å². The van der Waals surface area contributed by atoms with Crippen LogP contribution in [-0.2, 0) is 4.79 Å². The van der Waals surface area contributed by atoms with Crippen molar-refractivity contribution >= 4 is 29.2 Å². The third-order valence-corrected chi connectivity index (χ3v) is 3.36. The number of hydrogen-bond acceptors (Lipinski definition) is 2. The topological polar surface area (TPSA) is 61.4 Å². The molecule has 1 aromatic rings. The number of para-hydroxylation sites is 1. The number of carbonyl (C=O) groups excluding carboxylic acids is 2. The number of carbonyl (C=O) groups is 2. The van der Waals surface area contributed by atoms with Crippen molar-refractivity contribution in [2.24, 2.45) is 5.92 Å². The summed E-state index contributed by atoms with van der Waals surface area (Å²) in [5, 5.41) is 5.81. The second kappa shape index (κ2) is 7.14. The number of benzene rings is 1. The van der Waals surface area contributed by atoms with Gasteiger partial charge in [0.05, 0.1) is 16.6 Å². The fourth-order valence-electron chi connectivity index (χ4n) is 1.82. The number of hydrogen-bond donors (Lipinski definition) is 2. The zero-order valence-corrected chi connectivity index (χ0v) is 12.9. The van der Waals surface area contributed by atoms with Gasteiger partial charge in [-0.2, -0.15) is 0 Å². The van der Waals surface area contributed by atoms with Crippen LogP contribution < -0.4 is 10.6 Å². The van der Waals surface area contributed by atoms with Gasteiger partial charge in [-0.05, 0) is 18.6 Å². The van der Waals surface area contributed by atoms with Gasteiger partial charge in [-0.25, -0.2) is 4.79 Å². The monoisotopic (exact) mass is 297 g/mol. The molecule has 0 saturated carbocycles. The van der Waals surface area contributed by atoms with Gasteiger partial charge in [0.2, 0.25) is 5.91 Å². The molecule has 5 nitrogen and oxygen atoms in total. The number of anilines is 1. The second-order valence-corrected chi connectivity index (χ2v) is 5.16. The highest BCUT2D eigenvalue weighted by atomic mass is 35.5. The van der Waals surface area contributed by atoms with Crippen LogP contribution in [0, 0.1) is 12.8 Å². The van der Waals surface area contributed by atoms with E-state index in [2.05, 4.69) is 10.6 Å². The Hall–Kier alpha value is -1.75. The lowest BCUT2D eigenvalue weighted by molar-refractivity contribution is -0.124. The molecular formula is C14H20ClN3O2. The van der Waals surface area contributed by atoms with Crippen LogP contribution in [0.2, 0.25) is 5.02 Å².